The molecule has 2 aromatic rings. The van der Waals surface area contributed by atoms with E-state index in [1.165, 1.54) is 0 Å². The SMILES string of the molecule is CCC(=O)c1ccc(OCC(=O)N2CCCC(C(=O)Nc3ccccc3)C2)cc1. The van der Waals surface area contributed by atoms with Gasteiger partial charge in [-0.1, -0.05) is 25.1 Å². The summed E-state index contributed by atoms with van der Waals surface area (Å²) in [7, 11) is 0. The van der Waals surface area contributed by atoms with Crippen molar-refractivity contribution in [2.75, 3.05) is 25.0 Å². The molecule has 6 nitrogen and oxygen atoms in total. The normalized spacial score (nSPS) is 16.2. The topological polar surface area (TPSA) is 75.7 Å². The molecule has 6 heteroatoms. The van der Waals surface area contributed by atoms with Crippen molar-refractivity contribution in [3.8, 4) is 5.75 Å². The van der Waals surface area contributed by atoms with Crippen LogP contribution in [0.15, 0.2) is 54.6 Å². The van der Waals surface area contributed by atoms with E-state index in [0.717, 1.165) is 18.5 Å². The van der Waals surface area contributed by atoms with Gasteiger partial charge in [0.25, 0.3) is 5.91 Å². The van der Waals surface area contributed by atoms with E-state index in [4.69, 9.17) is 4.74 Å². The third-order valence-corrected chi connectivity index (χ3v) is 5.05. The highest BCUT2D eigenvalue weighted by molar-refractivity contribution is 5.96. The first-order valence-electron chi connectivity index (χ1n) is 9.96. The van der Waals surface area contributed by atoms with Crippen LogP contribution < -0.4 is 10.1 Å². The zero-order valence-electron chi connectivity index (χ0n) is 16.6. The number of carbonyl (C=O) groups is 3. The van der Waals surface area contributed by atoms with Gasteiger partial charge >= 0.3 is 0 Å². The number of hydrogen-bond acceptors (Lipinski definition) is 4. The van der Waals surface area contributed by atoms with Gasteiger partial charge in [0.2, 0.25) is 5.91 Å². The Morgan fingerprint density at radius 3 is 2.48 bits per heavy atom. The summed E-state index contributed by atoms with van der Waals surface area (Å²) in [5.41, 5.74) is 1.39. The predicted octanol–water partition coefficient (Wildman–Crippen LogP) is 3.54. The number of benzene rings is 2. The number of rotatable bonds is 7. The fraction of sp³-hybridized carbons (Fsp3) is 0.348. The highest BCUT2D eigenvalue weighted by Crippen LogP contribution is 2.20. The average Bonchev–Trinajstić information content (AvgIpc) is 2.78. The number of Topliss-reactive ketones (excluding diaryl/α,β-unsaturated/α-hetero) is 1. The van der Waals surface area contributed by atoms with E-state index in [9.17, 15) is 14.4 Å². The van der Waals surface area contributed by atoms with Gasteiger partial charge in [0.1, 0.15) is 5.75 Å². The molecule has 1 aliphatic rings. The lowest BCUT2D eigenvalue weighted by atomic mass is 9.97. The molecule has 1 heterocycles. The number of ether oxygens (including phenoxy) is 1. The van der Waals surface area contributed by atoms with Gasteiger partial charge in [0.05, 0.1) is 5.92 Å². The third kappa shape index (κ3) is 5.67. The Kier molecular flexibility index (Phi) is 7.00. The second-order valence-corrected chi connectivity index (χ2v) is 7.12. The molecule has 0 aromatic heterocycles. The van der Waals surface area contributed by atoms with Gasteiger partial charge < -0.3 is 15.0 Å². The lowest BCUT2D eigenvalue weighted by molar-refractivity contribution is -0.136. The van der Waals surface area contributed by atoms with Crippen LogP contribution >= 0.6 is 0 Å². The number of piperidine rings is 1. The largest absolute Gasteiger partial charge is 0.484 e. The number of nitrogens with one attached hydrogen (secondary N) is 1. The second-order valence-electron chi connectivity index (χ2n) is 7.12. The fourth-order valence-electron chi connectivity index (χ4n) is 3.36. The Labute approximate surface area is 170 Å². The van der Waals surface area contributed by atoms with E-state index >= 15 is 0 Å². The van der Waals surface area contributed by atoms with Gasteiger partial charge in [-0.25, -0.2) is 0 Å². The first kappa shape index (κ1) is 20.6. The van der Waals surface area contributed by atoms with Gasteiger partial charge in [-0.15, -0.1) is 0 Å². The van der Waals surface area contributed by atoms with Crippen molar-refractivity contribution in [3.63, 3.8) is 0 Å². The molecule has 1 fully saturated rings. The van der Waals surface area contributed by atoms with Crippen LogP contribution in [0.25, 0.3) is 0 Å². The predicted molar refractivity (Wildman–Crippen MR) is 111 cm³/mol. The quantitative estimate of drug-likeness (QED) is 0.729. The van der Waals surface area contributed by atoms with Gasteiger partial charge in [-0.3, -0.25) is 14.4 Å². The van der Waals surface area contributed by atoms with Crippen molar-refractivity contribution in [1.29, 1.82) is 0 Å². The minimum atomic E-state index is -0.229. The molecule has 1 saturated heterocycles. The molecule has 152 valence electrons. The maximum atomic E-state index is 12.5. The van der Waals surface area contributed by atoms with Gasteiger partial charge in [-0.05, 0) is 49.2 Å². The first-order chi connectivity index (χ1) is 14.1. The number of carbonyl (C=O) groups excluding carboxylic acids is 3. The highest BCUT2D eigenvalue weighted by Gasteiger charge is 2.28. The molecule has 3 rings (SSSR count). The number of nitrogens with zero attached hydrogens (tertiary/aromatic N) is 1. The zero-order chi connectivity index (χ0) is 20.6. The summed E-state index contributed by atoms with van der Waals surface area (Å²) in [6.07, 6.45) is 2.00. The molecule has 0 saturated carbocycles. The molecule has 1 N–H and O–H groups in total. The summed E-state index contributed by atoms with van der Waals surface area (Å²) < 4.78 is 5.58. The smallest absolute Gasteiger partial charge is 0.260 e. The van der Waals surface area contributed by atoms with Crippen molar-refractivity contribution < 1.29 is 19.1 Å². The molecule has 2 aromatic carbocycles. The van der Waals surface area contributed by atoms with Crippen LogP contribution in [0.2, 0.25) is 0 Å². The highest BCUT2D eigenvalue weighted by atomic mass is 16.5. The van der Waals surface area contributed by atoms with Crippen LogP contribution in [0.1, 0.15) is 36.5 Å². The van der Waals surface area contributed by atoms with Crippen LogP contribution in [-0.2, 0) is 9.59 Å². The molecule has 0 spiro atoms. The molecule has 1 aliphatic heterocycles. The first-order valence-corrected chi connectivity index (χ1v) is 9.96. The molecule has 0 aliphatic carbocycles. The Balaban J connectivity index is 1.50. The monoisotopic (exact) mass is 394 g/mol. The van der Waals surface area contributed by atoms with Crippen molar-refractivity contribution in [1.82, 2.24) is 4.90 Å². The van der Waals surface area contributed by atoms with Crippen LogP contribution in [0.3, 0.4) is 0 Å². The van der Waals surface area contributed by atoms with Crippen LogP contribution in [-0.4, -0.2) is 42.2 Å². The minimum absolute atomic E-state index is 0.0641. The van der Waals surface area contributed by atoms with E-state index < -0.39 is 0 Å². The maximum Gasteiger partial charge on any atom is 0.260 e. The van der Waals surface area contributed by atoms with Crippen LogP contribution in [0.4, 0.5) is 5.69 Å². The van der Waals surface area contributed by atoms with Crippen molar-refractivity contribution in [3.05, 3.63) is 60.2 Å². The summed E-state index contributed by atoms with van der Waals surface area (Å²) in [5, 5.41) is 2.91. The summed E-state index contributed by atoms with van der Waals surface area (Å²) in [6.45, 7) is 2.75. The number of hydrogen-bond donors (Lipinski definition) is 1. The Bertz CT molecular complexity index is 849. The Morgan fingerprint density at radius 1 is 1.07 bits per heavy atom. The van der Waals surface area contributed by atoms with Crippen molar-refractivity contribution in [2.45, 2.75) is 26.2 Å². The van der Waals surface area contributed by atoms with Gasteiger partial charge in [0, 0.05) is 30.8 Å². The summed E-state index contributed by atoms with van der Waals surface area (Å²) in [4.78, 5) is 38.4. The van der Waals surface area contributed by atoms with Gasteiger partial charge in [0.15, 0.2) is 12.4 Å². The van der Waals surface area contributed by atoms with Gasteiger partial charge in [-0.2, -0.15) is 0 Å². The summed E-state index contributed by atoms with van der Waals surface area (Å²) in [6, 6.07) is 16.1. The summed E-state index contributed by atoms with van der Waals surface area (Å²) in [5.74, 6) is 0.177. The fourth-order valence-corrected chi connectivity index (χ4v) is 3.36. The van der Waals surface area contributed by atoms with E-state index in [2.05, 4.69) is 5.32 Å². The average molecular weight is 394 g/mol. The van der Waals surface area contributed by atoms with E-state index in [0.29, 0.717) is 30.8 Å². The maximum absolute atomic E-state index is 12.5. The van der Waals surface area contributed by atoms with Crippen molar-refractivity contribution >= 4 is 23.3 Å². The lowest BCUT2D eigenvalue weighted by Gasteiger charge is -2.32. The number of anilines is 1. The molecule has 1 unspecified atom stereocenters. The Morgan fingerprint density at radius 2 is 1.79 bits per heavy atom. The summed E-state index contributed by atoms with van der Waals surface area (Å²) >= 11 is 0. The number of amides is 2. The van der Waals surface area contributed by atoms with Crippen LogP contribution in [0, 0.1) is 5.92 Å². The lowest BCUT2D eigenvalue weighted by Crippen LogP contribution is -2.45. The molecule has 0 bridgehead atoms. The minimum Gasteiger partial charge on any atom is -0.484 e. The molecular formula is C23H26N2O4. The van der Waals surface area contributed by atoms with Crippen LogP contribution in [0.5, 0.6) is 5.75 Å². The number of likely N-dealkylation sites (tertiary alicyclic amines) is 1. The van der Waals surface area contributed by atoms with Crippen molar-refractivity contribution in [2.24, 2.45) is 5.92 Å². The standard InChI is InChI=1S/C23H26N2O4/c1-2-21(26)17-10-12-20(13-11-17)29-16-22(27)25-14-6-7-18(15-25)23(28)24-19-8-4-3-5-9-19/h3-5,8-13,18H,2,6-7,14-16H2,1H3,(H,24,28). The molecule has 29 heavy (non-hydrogen) atoms. The molecule has 1 atom stereocenters. The number of ketones is 1. The zero-order valence-corrected chi connectivity index (χ0v) is 16.6. The second kappa shape index (κ2) is 9.87. The Hall–Kier alpha value is -3.15. The van der Waals surface area contributed by atoms with E-state index in [-0.39, 0.29) is 30.1 Å². The van der Waals surface area contributed by atoms with E-state index in [1.807, 2.05) is 37.3 Å². The third-order valence-electron chi connectivity index (χ3n) is 5.05. The molecule has 0 radical (unpaired) electrons. The molecule has 2 amide bonds. The number of para-hydroxylation sites is 1. The van der Waals surface area contributed by atoms with E-state index in [1.54, 1.807) is 29.2 Å². The molecular weight excluding hydrogens is 368 g/mol.